The fourth-order valence-electron chi connectivity index (χ4n) is 4.14. The summed E-state index contributed by atoms with van der Waals surface area (Å²) in [6, 6.07) is 17.9. The number of amides is 2. The maximum Gasteiger partial charge on any atom is 0.246 e. The van der Waals surface area contributed by atoms with E-state index in [1.54, 1.807) is 6.08 Å². The van der Waals surface area contributed by atoms with Crippen molar-refractivity contribution in [2.24, 2.45) is 5.92 Å². The Balaban J connectivity index is 1.60. The van der Waals surface area contributed by atoms with E-state index in [0.717, 1.165) is 28.6 Å². The first kappa shape index (κ1) is 23.3. The molecule has 0 N–H and O–H groups in total. The summed E-state index contributed by atoms with van der Waals surface area (Å²) < 4.78 is 1.03. The molecule has 2 amide bonds. The van der Waals surface area contributed by atoms with Crippen LogP contribution in [-0.4, -0.2) is 41.2 Å². The van der Waals surface area contributed by atoms with E-state index in [0.29, 0.717) is 25.9 Å². The SMILES string of the molecule is CCCN(C(=O)C1CCN(C(=O)/C=C\c2ccccc2)CC1)[C@@H](C)c1ccccc1Br. The molecule has 1 aliphatic heterocycles. The van der Waals surface area contributed by atoms with Gasteiger partial charge in [-0.3, -0.25) is 9.59 Å². The maximum atomic E-state index is 13.4. The molecule has 0 unspecified atom stereocenters. The Hall–Kier alpha value is -2.40. The first-order chi connectivity index (χ1) is 15.0. The smallest absolute Gasteiger partial charge is 0.246 e. The van der Waals surface area contributed by atoms with Crippen LogP contribution in [0.3, 0.4) is 0 Å². The molecular weight excluding hydrogens is 452 g/mol. The lowest BCUT2D eigenvalue weighted by molar-refractivity contribution is -0.141. The minimum Gasteiger partial charge on any atom is -0.339 e. The van der Waals surface area contributed by atoms with Gasteiger partial charge in [-0.2, -0.15) is 0 Å². The second-order valence-electron chi connectivity index (χ2n) is 8.07. The Bertz CT molecular complexity index is 905. The predicted octanol–water partition coefficient (Wildman–Crippen LogP) is 5.70. The number of carbonyl (C=O) groups is 2. The van der Waals surface area contributed by atoms with Crippen LogP contribution in [0.4, 0.5) is 0 Å². The zero-order valence-electron chi connectivity index (χ0n) is 18.3. The minimum absolute atomic E-state index is 0.0106. The summed E-state index contributed by atoms with van der Waals surface area (Å²) in [5.41, 5.74) is 2.14. The molecule has 1 heterocycles. The van der Waals surface area contributed by atoms with Crippen LogP contribution >= 0.6 is 15.9 Å². The third kappa shape index (κ3) is 6.07. The third-order valence-electron chi connectivity index (χ3n) is 5.94. The van der Waals surface area contributed by atoms with E-state index >= 15 is 0 Å². The Morgan fingerprint density at radius 3 is 2.39 bits per heavy atom. The van der Waals surface area contributed by atoms with Gasteiger partial charge < -0.3 is 9.80 Å². The van der Waals surface area contributed by atoms with Gasteiger partial charge in [0.25, 0.3) is 0 Å². The Morgan fingerprint density at radius 2 is 1.74 bits per heavy atom. The molecule has 1 fully saturated rings. The summed E-state index contributed by atoms with van der Waals surface area (Å²) in [6.07, 6.45) is 5.83. The summed E-state index contributed by atoms with van der Waals surface area (Å²) in [7, 11) is 0. The molecule has 0 radical (unpaired) electrons. The van der Waals surface area contributed by atoms with Crippen LogP contribution in [0.15, 0.2) is 65.1 Å². The van der Waals surface area contributed by atoms with E-state index in [-0.39, 0.29) is 23.8 Å². The first-order valence-corrected chi connectivity index (χ1v) is 11.9. The second-order valence-corrected chi connectivity index (χ2v) is 8.93. The molecule has 0 saturated carbocycles. The molecule has 0 spiro atoms. The van der Waals surface area contributed by atoms with Gasteiger partial charge in [-0.15, -0.1) is 0 Å². The lowest BCUT2D eigenvalue weighted by Gasteiger charge is -2.36. The maximum absolute atomic E-state index is 13.4. The number of halogens is 1. The van der Waals surface area contributed by atoms with Crippen LogP contribution in [0.25, 0.3) is 6.08 Å². The van der Waals surface area contributed by atoms with Crippen molar-refractivity contribution < 1.29 is 9.59 Å². The van der Waals surface area contributed by atoms with Gasteiger partial charge in [0.2, 0.25) is 11.8 Å². The molecule has 2 aromatic rings. The van der Waals surface area contributed by atoms with Crippen molar-refractivity contribution >= 4 is 33.8 Å². The first-order valence-electron chi connectivity index (χ1n) is 11.1. The summed E-state index contributed by atoms with van der Waals surface area (Å²) in [6.45, 7) is 6.18. The van der Waals surface area contributed by atoms with Gasteiger partial charge in [0, 0.05) is 36.1 Å². The molecule has 1 aliphatic rings. The van der Waals surface area contributed by atoms with Crippen LogP contribution in [-0.2, 0) is 9.59 Å². The fraction of sp³-hybridized carbons (Fsp3) is 0.385. The molecule has 4 nitrogen and oxygen atoms in total. The molecule has 1 saturated heterocycles. The van der Waals surface area contributed by atoms with Gasteiger partial charge in [0.1, 0.15) is 0 Å². The Morgan fingerprint density at radius 1 is 1.10 bits per heavy atom. The van der Waals surface area contributed by atoms with Gasteiger partial charge in [-0.25, -0.2) is 0 Å². The van der Waals surface area contributed by atoms with Gasteiger partial charge in [0.15, 0.2) is 0 Å². The highest BCUT2D eigenvalue weighted by molar-refractivity contribution is 9.10. The molecule has 1 atom stereocenters. The van der Waals surface area contributed by atoms with Crippen molar-refractivity contribution in [3.8, 4) is 0 Å². The monoisotopic (exact) mass is 482 g/mol. The zero-order valence-corrected chi connectivity index (χ0v) is 19.9. The largest absolute Gasteiger partial charge is 0.339 e. The molecule has 2 aromatic carbocycles. The highest BCUT2D eigenvalue weighted by Crippen LogP contribution is 2.30. The van der Waals surface area contributed by atoms with E-state index in [9.17, 15) is 9.59 Å². The van der Waals surface area contributed by atoms with Gasteiger partial charge in [-0.05, 0) is 49.5 Å². The van der Waals surface area contributed by atoms with Crippen LogP contribution in [0.1, 0.15) is 50.3 Å². The van der Waals surface area contributed by atoms with E-state index in [1.807, 2.05) is 64.4 Å². The Kier molecular flexibility index (Phi) is 8.47. The van der Waals surface area contributed by atoms with Crippen molar-refractivity contribution in [2.45, 2.75) is 39.2 Å². The molecule has 3 rings (SSSR count). The van der Waals surface area contributed by atoms with Gasteiger partial charge >= 0.3 is 0 Å². The van der Waals surface area contributed by atoms with E-state index in [1.165, 1.54) is 0 Å². The minimum atomic E-state index is -0.0290. The third-order valence-corrected chi connectivity index (χ3v) is 6.67. The summed E-state index contributed by atoms with van der Waals surface area (Å²) >= 11 is 3.63. The second kappa shape index (κ2) is 11.3. The average molecular weight is 483 g/mol. The summed E-state index contributed by atoms with van der Waals surface area (Å²) in [5.74, 6) is 0.192. The number of hydrogen-bond acceptors (Lipinski definition) is 2. The van der Waals surface area contributed by atoms with E-state index in [4.69, 9.17) is 0 Å². The van der Waals surface area contributed by atoms with Crippen LogP contribution in [0.5, 0.6) is 0 Å². The molecule has 0 bridgehead atoms. The Labute approximate surface area is 194 Å². The van der Waals surface area contributed by atoms with Gasteiger partial charge in [-0.1, -0.05) is 71.4 Å². The molecule has 5 heteroatoms. The van der Waals surface area contributed by atoms with E-state index < -0.39 is 0 Å². The van der Waals surface area contributed by atoms with Crippen molar-refractivity contribution in [3.63, 3.8) is 0 Å². The summed E-state index contributed by atoms with van der Waals surface area (Å²) in [5, 5.41) is 0. The quantitative estimate of drug-likeness (QED) is 0.474. The van der Waals surface area contributed by atoms with Crippen LogP contribution in [0, 0.1) is 5.92 Å². The molecule has 0 aromatic heterocycles. The normalized spacial score (nSPS) is 15.8. The lowest BCUT2D eigenvalue weighted by Crippen LogP contribution is -2.45. The average Bonchev–Trinajstić information content (AvgIpc) is 2.81. The highest BCUT2D eigenvalue weighted by Gasteiger charge is 2.32. The number of piperidine rings is 1. The standard InChI is InChI=1S/C26H31BrN2O2/c1-3-17-29(20(2)23-11-7-8-12-24(23)27)26(31)22-15-18-28(19-16-22)25(30)14-13-21-9-5-4-6-10-21/h4-14,20,22H,3,15-19H2,1-2H3/b14-13-/t20-/m0/s1. The molecule has 0 aliphatic carbocycles. The van der Waals surface area contributed by atoms with Crippen molar-refractivity contribution in [3.05, 3.63) is 76.3 Å². The molecular formula is C26H31BrN2O2. The van der Waals surface area contributed by atoms with Crippen LogP contribution in [0.2, 0.25) is 0 Å². The number of carbonyl (C=O) groups excluding carboxylic acids is 2. The van der Waals surface area contributed by atoms with Gasteiger partial charge in [0.05, 0.1) is 6.04 Å². The van der Waals surface area contributed by atoms with E-state index in [2.05, 4.69) is 35.8 Å². The molecule has 164 valence electrons. The molecule has 31 heavy (non-hydrogen) atoms. The number of nitrogens with zero attached hydrogens (tertiary/aromatic N) is 2. The van der Waals surface area contributed by atoms with Crippen molar-refractivity contribution in [2.75, 3.05) is 19.6 Å². The number of likely N-dealkylation sites (tertiary alicyclic amines) is 1. The zero-order chi connectivity index (χ0) is 22.2. The fourth-order valence-corrected chi connectivity index (χ4v) is 4.75. The van der Waals surface area contributed by atoms with Crippen LogP contribution < -0.4 is 0 Å². The lowest BCUT2D eigenvalue weighted by atomic mass is 9.93. The van der Waals surface area contributed by atoms with Crippen molar-refractivity contribution in [1.29, 1.82) is 0 Å². The highest BCUT2D eigenvalue weighted by atomic mass is 79.9. The number of hydrogen-bond donors (Lipinski definition) is 0. The number of rotatable bonds is 7. The van der Waals surface area contributed by atoms with Crippen molar-refractivity contribution in [1.82, 2.24) is 9.80 Å². The summed E-state index contributed by atoms with van der Waals surface area (Å²) in [4.78, 5) is 29.8. The number of benzene rings is 2. The predicted molar refractivity (Wildman–Crippen MR) is 129 cm³/mol. The topological polar surface area (TPSA) is 40.6 Å².